The smallest absolute Gasteiger partial charge is 0.256 e. The maximum absolute atomic E-state index is 12.0. The van der Waals surface area contributed by atoms with Gasteiger partial charge in [0.2, 0.25) is 0 Å². The SMILES string of the molecule is CCCC(C)(O)C(=O)Nc1cnn(CCN2CCCCC2)c1. The number of carbonyl (C=O) groups is 1. The Labute approximate surface area is 132 Å². The fourth-order valence-electron chi connectivity index (χ4n) is 2.84. The van der Waals surface area contributed by atoms with Crippen molar-refractivity contribution in [2.45, 2.75) is 58.1 Å². The molecule has 0 saturated carbocycles. The van der Waals surface area contributed by atoms with Gasteiger partial charge < -0.3 is 15.3 Å². The van der Waals surface area contributed by atoms with Gasteiger partial charge in [-0.2, -0.15) is 5.10 Å². The second kappa shape index (κ2) is 7.74. The molecule has 2 heterocycles. The number of nitrogens with zero attached hydrogens (tertiary/aromatic N) is 3. The highest BCUT2D eigenvalue weighted by atomic mass is 16.3. The predicted octanol–water partition coefficient (Wildman–Crippen LogP) is 1.86. The van der Waals surface area contributed by atoms with E-state index in [4.69, 9.17) is 0 Å². The average Bonchev–Trinajstić information content (AvgIpc) is 2.94. The van der Waals surface area contributed by atoms with Crippen LogP contribution in [0.3, 0.4) is 0 Å². The van der Waals surface area contributed by atoms with Crippen LogP contribution in [0.2, 0.25) is 0 Å². The van der Waals surface area contributed by atoms with Crippen molar-refractivity contribution >= 4 is 11.6 Å². The Morgan fingerprint density at radius 3 is 2.77 bits per heavy atom. The van der Waals surface area contributed by atoms with Gasteiger partial charge in [-0.05, 0) is 39.3 Å². The zero-order valence-corrected chi connectivity index (χ0v) is 13.7. The van der Waals surface area contributed by atoms with Crippen LogP contribution in [0.25, 0.3) is 0 Å². The number of likely N-dealkylation sites (tertiary alicyclic amines) is 1. The zero-order valence-electron chi connectivity index (χ0n) is 13.7. The minimum absolute atomic E-state index is 0.370. The molecule has 2 rings (SSSR count). The molecule has 0 radical (unpaired) electrons. The van der Waals surface area contributed by atoms with Gasteiger partial charge in [-0.1, -0.05) is 19.8 Å². The number of aromatic nitrogens is 2. The summed E-state index contributed by atoms with van der Waals surface area (Å²) in [7, 11) is 0. The molecule has 1 fully saturated rings. The maximum Gasteiger partial charge on any atom is 0.256 e. The van der Waals surface area contributed by atoms with Crippen LogP contribution in [0, 0.1) is 0 Å². The predicted molar refractivity (Wildman–Crippen MR) is 86.7 cm³/mol. The van der Waals surface area contributed by atoms with Crippen molar-refractivity contribution in [1.29, 1.82) is 0 Å². The van der Waals surface area contributed by atoms with Crippen molar-refractivity contribution in [2.75, 3.05) is 25.0 Å². The van der Waals surface area contributed by atoms with Crippen LogP contribution >= 0.6 is 0 Å². The van der Waals surface area contributed by atoms with Gasteiger partial charge in [0, 0.05) is 12.7 Å². The van der Waals surface area contributed by atoms with Gasteiger partial charge in [0.25, 0.3) is 5.91 Å². The molecule has 0 aliphatic carbocycles. The van der Waals surface area contributed by atoms with E-state index in [-0.39, 0.29) is 5.91 Å². The molecule has 0 aromatic carbocycles. The third-order valence-electron chi connectivity index (χ3n) is 4.21. The number of rotatable bonds is 7. The van der Waals surface area contributed by atoms with Crippen LogP contribution in [0.1, 0.15) is 46.0 Å². The summed E-state index contributed by atoms with van der Waals surface area (Å²) in [6.45, 7) is 7.65. The molecule has 1 amide bonds. The molecule has 22 heavy (non-hydrogen) atoms. The van der Waals surface area contributed by atoms with E-state index in [1.54, 1.807) is 13.1 Å². The molecular formula is C16H28N4O2. The maximum atomic E-state index is 12.0. The summed E-state index contributed by atoms with van der Waals surface area (Å²) in [6.07, 6.45) is 8.57. The summed E-state index contributed by atoms with van der Waals surface area (Å²) < 4.78 is 1.85. The van der Waals surface area contributed by atoms with Gasteiger partial charge in [0.05, 0.1) is 18.4 Å². The summed E-state index contributed by atoms with van der Waals surface area (Å²) in [5, 5.41) is 17.1. The first-order valence-corrected chi connectivity index (χ1v) is 8.30. The molecule has 0 spiro atoms. The van der Waals surface area contributed by atoms with Gasteiger partial charge >= 0.3 is 0 Å². The van der Waals surface area contributed by atoms with Gasteiger partial charge in [0.1, 0.15) is 5.60 Å². The van der Waals surface area contributed by atoms with E-state index in [1.807, 2.05) is 17.8 Å². The van der Waals surface area contributed by atoms with Crippen molar-refractivity contribution in [3.63, 3.8) is 0 Å². The Morgan fingerprint density at radius 2 is 2.09 bits per heavy atom. The molecule has 124 valence electrons. The first-order chi connectivity index (χ1) is 10.5. The topological polar surface area (TPSA) is 70.4 Å². The molecule has 1 unspecified atom stereocenters. The minimum atomic E-state index is -1.33. The van der Waals surface area contributed by atoms with Crippen LogP contribution in [0.15, 0.2) is 12.4 Å². The highest BCUT2D eigenvalue weighted by Crippen LogP contribution is 2.15. The fraction of sp³-hybridized carbons (Fsp3) is 0.750. The van der Waals surface area contributed by atoms with E-state index in [0.717, 1.165) is 19.5 Å². The lowest BCUT2D eigenvalue weighted by Gasteiger charge is -2.26. The molecule has 6 heteroatoms. The third-order valence-corrected chi connectivity index (χ3v) is 4.21. The number of hydrogen-bond acceptors (Lipinski definition) is 4. The van der Waals surface area contributed by atoms with Crippen LogP contribution in [0.4, 0.5) is 5.69 Å². The fourth-order valence-corrected chi connectivity index (χ4v) is 2.84. The van der Waals surface area contributed by atoms with Crippen molar-refractivity contribution < 1.29 is 9.90 Å². The Bertz CT molecular complexity index is 478. The molecule has 1 aliphatic heterocycles. The summed E-state index contributed by atoms with van der Waals surface area (Å²) >= 11 is 0. The molecule has 1 saturated heterocycles. The van der Waals surface area contributed by atoms with Gasteiger partial charge in [-0.15, -0.1) is 0 Å². The number of aliphatic hydroxyl groups is 1. The lowest BCUT2D eigenvalue weighted by Crippen LogP contribution is -2.39. The van der Waals surface area contributed by atoms with Crippen molar-refractivity contribution in [3.8, 4) is 0 Å². The van der Waals surface area contributed by atoms with Crippen LogP contribution < -0.4 is 5.32 Å². The zero-order chi connectivity index (χ0) is 16.0. The van der Waals surface area contributed by atoms with E-state index < -0.39 is 5.60 Å². The lowest BCUT2D eigenvalue weighted by atomic mass is 10.00. The first-order valence-electron chi connectivity index (χ1n) is 8.30. The van der Waals surface area contributed by atoms with Crippen molar-refractivity contribution in [2.24, 2.45) is 0 Å². The summed E-state index contributed by atoms with van der Waals surface area (Å²) in [5.74, 6) is -0.370. The third kappa shape index (κ3) is 4.81. The largest absolute Gasteiger partial charge is 0.380 e. The minimum Gasteiger partial charge on any atom is -0.380 e. The number of piperidine rings is 1. The van der Waals surface area contributed by atoms with Crippen LogP contribution in [-0.2, 0) is 11.3 Å². The highest BCUT2D eigenvalue weighted by molar-refractivity contribution is 5.96. The average molecular weight is 308 g/mol. The van der Waals surface area contributed by atoms with Crippen molar-refractivity contribution in [1.82, 2.24) is 14.7 Å². The molecule has 2 N–H and O–H groups in total. The first kappa shape index (κ1) is 17.0. The van der Waals surface area contributed by atoms with E-state index in [9.17, 15) is 9.90 Å². The molecule has 0 bridgehead atoms. The number of amides is 1. The molecular weight excluding hydrogens is 280 g/mol. The van der Waals surface area contributed by atoms with Gasteiger partial charge in [-0.3, -0.25) is 9.48 Å². The summed E-state index contributed by atoms with van der Waals surface area (Å²) in [6, 6.07) is 0. The summed E-state index contributed by atoms with van der Waals surface area (Å²) in [5.41, 5.74) is -0.690. The van der Waals surface area contributed by atoms with Crippen LogP contribution in [-0.4, -0.2) is 50.9 Å². The second-order valence-corrected chi connectivity index (χ2v) is 6.37. The molecule has 6 nitrogen and oxygen atoms in total. The molecule has 1 aliphatic rings. The molecule has 1 atom stereocenters. The Hall–Kier alpha value is -1.40. The van der Waals surface area contributed by atoms with E-state index >= 15 is 0 Å². The van der Waals surface area contributed by atoms with Gasteiger partial charge in [-0.25, -0.2) is 0 Å². The molecule has 1 aromatic heterocycles. The number of hydrogen-bond donors (Lipinski definition) is 2. The Morgan fingerprint density at radius 1 is 1.36 bits per heavy atom. The highest BCUT2D eigenvalue weighted by Gasteiger charge is 2.29. The van der Waals surface area contributed by atoms with E-state index in [2.05, 4.69) is 15.3 Å². The number of nitrogens with one attached hydrogen (secondary N) is 1. The standard InChI is InChI=1S/C16H28N4O2/c1-3-7-16(2,22)15(21)18-14-12-17-20(13-14)11-10-19-8-5-4-6-9-19/h12-13,22H,3-11H2,1-2H3,(H,18,21). The Kier molecular flexibility index (Phi) is 5.97. The summed E-state index contributed by atoms with van der Waals surface area (Å²) in [4.78, 5) is 14.5. The second-order valence-electron chi connectivity index (χ2n) is 6.37. The molecule has 1 aromatic rings. The monoisotopic (exact) mass is 308 g/mol. The van der Waals surface area contributed by atoms with Crippen molar-refractivity contribution in [3.05, 3.63) is 12.4 Å². The quantitative estimate of drug-likeness (QED) is 0.806. The Balaban J connectivity index is 1.82. The van der Waals surface area contributed by atoms with E-state index in [1.165, 1.54) is 32.4 Å². The lowest BCUT2D eigenvalue weighted by molar-refractivity contribution is -0.133. The normalized spacial score (nSPS) is 18.9. The van der Waals surface area contributed by atoms with Crippen LogP contribution in [0.5, 0.6) is 0 Å². The number of carbonyl (C=O) groups excluding carboxylic acids is 1. The number of anilines is 1. The van der Waals surface area contributed by atoms with Gasteiger partial charge in [0.15, 0.2) is 0 Å². The van der Waals surface area contributed by atoms with E-state index in [0.29, 0.717) is 12.1 Å².